The number of halogens is 2. The maximum atomic E-state index is 5.73. The SMILES string of the molecule is ClCc1cnc(Cc2ccc(Br)cc2)s1. The van der Waals surface area contributed by atoms with Crippen LogP contribution in [-0.4, -0.2) is 4.98 Å². The van der Waals surface area contributed by atoms with E-state index in [2.05, 4.69) is 33.0 Å². The molecule has 0 aliphatic rings. The summed E-state index contributed by atoms with van der Waals surface area (Å²) >= 11 is 10.8. The quantitative estimate of drug-likeness (QED) is 0.773. The van der Waals surface area contributed by atoms with Crippen molar-refractivity contribution in [2.24, 2.45) is 0 Å². The van der Waals surface area contributed by atoms with Gasteiger partial charge in [0.1, 0.15) is 0 Å². The van der Waals surface area contributed by atoms with Gasteiger partial charge in [-0.2, -0.15) is 0 Å². The van der Waals surface area contributed by atoms with E-state index >= 15 is 0 Å². The fourth-order valence-corrected chi connectivity index (χ4v) is 2.57. The van der Waals surface area contributed by atoms with Crippen LogP contribution in [0.25, 0.3) is 0 Å². The molecule has 0 aliphatic heterocycles. The van der Waals surface area contributed by atoms with Gasteiger partial charge in [-0.25, -0.2) is 4.98 Å². The van der Waals surface area contributed by atoms with Gasteiger partial charge < -0.3 is 0 Å². The van der Waals surface area contributed by atoms with Crippen LogP contribution in [0.15, 0.2) is 34.9 Å². The Hall–Kier alpha value is -0.380. The molecule has 2 aromatic rings. The monoisotopic (exact) mass is 301 g/mol. The average molecular weight is 303 g/mol. The molecule has 0 aliphatic carbocycles. The molecule has 0 radical (unpaired) electrons. The smallest absolute Gasteiger partial charge is 0.0971 e. The minimum atomic E-state index is 0.554. The van der Waals surface area contributed by atoms with Crippen LogP contribution in [0, 0.1) is 0 Å². The molecule has 4 heteroatoms. The Kier molecular flexibility index (Phi) is 3.78. The van der Waals surface area contributed by atoms with Crippen LogP contribution in [0.4, 0.5) is 0 Å². The third-order valence-corrected chi connectivity index (χ3v) is 3.97. The first kappa shape index (κ1) is 11.1. The standard InChI is InChI=1S/C11H9BrClNS/c12-9-3-1-8(2-4-9)5-11-14-7-10(6-13)15-11/h1-4,7H,5-6H2. The van der Waals surface area contributed by atoms with Crippen molar-refractivity contribution in [2.45, 2.75) is 12.3 Å². The molecule has 1 heterocycles. The summed E-state index contributed by atoms with van der Waals surface area (Å²) in [6.07, 6.45) is 2.74. The number of rotatable bonds is 3. The molecule has 1 nitrogen and oxygen atoms in total. The second-order valence-electron chi connectivity index (χ2n) is 3.16. The van der Waals surface area contributed by atoms with E-state index in [1.165, 1.54) is 5.56 Å². The maximum Gasteiger partial charge on any atom is 0.0971 e. The van der Waals surface area contributed by atoms with E-state index in [9.17, 15) is 0 Å². The molecule has 0 amide bonds. The zero-order valence-corrected chi connectivity index (χ0v) is 11.1. The Labute approximate surface area is 106 Å². The number of hydrogen-bond donors (Lipinski definition) is 0. The molecule has 1 aromatic heterocycles. The molecule has 0 saturated heterocycles. The van der Waals surface area contributed by atoms with E-state index in [1.807, 2.05) is 18.3 Å². The number of aromatic nitrogens is 1. The second-order valence-corrected chi connectivity index (χ2v) is 5.54. The highest BCUT2D eigenvalue weighted by atomic mass is 79.9. The number of nitrogens with zero attached hydrogens (tertiary/aromatic N) is 1. The summed E-state index contributed by atoms with van der Waals surface area (Å²) in [4.78, 5) is 5.46. The molecule has 0 atom stereocenters. The van der Waals surface area contributed by atoms with Crippen molar-refractivity contribution in [1.82, 2.24) is 4.98 Å². The van der Waals surface area contributed by atoms with Crippen LogP contribution >= 0.6 is 38.9 Å². The van der Waals surface area contributed by atoms with E-state index < -0.39 is 0 Å². The van der Waals surface area contributed by atoms with Crippen molar-refractivity contribution in [1.29, 1.82) is 0 Å². The lowest BCUT2D eigenvalue weighted by atomic mass is 10.2. The van der Waals surface area contributed by atoms with Crippen molar-refractivity contribution in [3.05, 3.63) is 50.4 Å². The summed E-state index contributed by atoms with van der Waals surface area (Å²) in [6.45, 7) is 0. The fraction of sp³-hybridized carbons (Fsp3) is 0.182. The van der Waals surface area contributed by atoms with Crippen molar-refractivity contribution in [2.75, 3.05) is 0 Å². The third-order valence-electron chi connectivity index (χ3n) is 2.00. The van der Waals surface area contributed by atoms with Gasteiger partial charge in [0.05, 0.1) is 10.9 Å². The molecule has 0 bridgehead atoms. The first-order valence-corrected chi connectivity index (χ1v) is 6.66. The number of hydrogen-bond acceptors (Lipinski definition) is 2. The first-order valence-electron chi connectivity index (χ1n) is 4.52. The van der Waals surface area contributed by atoms with Crippen molar-refractivity contribution in [3.8, 4) is 0 Å². The molecule has 0 saturated carbocycles. The minimum Gasteiger partial charge on any atom is -0.249 e. The van der Waals surface area contributed by atoms with Crippen molar-refractivity contribution in [3.63, 3.8) is 0 Å². The highest BCUT2D eigenvalue weighted by Crippen LogP contribution is 2.19. The predicted octanol–water partition coefficient (Wildman–Crippen LogP) is 4.24. The first-order chi connectivity index (χ1) is 7.28. The van der Waals surface area contributed by atoms with Crippen LogP contribution in [0.3, 0.4) is 0 Å². The Morgan fingerprint density at radius 1 is 1.27 bits per heavy atom. The van der Waals surface area contributed by atoms with E-state index in [4.69, 9.17) is 11.6 Å². The van der Waals surface area contributed by atoms with Crippen LogP contribution in [0.2, 0.25) is 0 Å². The summed E-state index contributed by atoms with van der Waals surface area (Å²) < 4.78 is 1.10. The Balaban J connectivity index is 2.11. The average Bonchev–Trinajstić information content (AvgIpc) is 2.69. The van der Waals surface area contributed by atoms with Crippen molar-refractivity contribution >= 4 is 38.9 Å². The van der Waals surface area contributed by atoms with Gasteiger partial charge in [0.15, 0.2) is 0 Å². The molecule has 0 spiro atoms. The van der Waals surface area contributed by atoms with E-state index in [0.29, 0.717) is 5.88 Å². The Bertz CT molecular complexity index is 438. The van der Waals surface area contributed by atoms with Gasteiger partial charge >= 0.3 is 0 Å². The fourth-order valence-electron chi connectivity index (χ4n) is 1.27. The summed E-state index contributed by atoms with van der Waals surface area (Å²) in [5.74, 6) is 0.554. The Morgan fingerprint density at radius 3 is 2.60 bits per heavy atom. The van der Waals surface area contributed by atoms with E-state index in [1.54, 1.807) is 11.3 Å². The molecule has 0 fully saturated rings. The lowest BCUT2D eigenvalue weighted by molar-refractivity contribution is 1.13. The third kappa shape index (κ3) is 3.03. The molecular formula is C11H9BrClNS. The van der Waals surface area contributed by atoms with Gasteiger partial charge in [-0.1, -0.05) is 28.1 Å². The van der Waals surface area contributed by atoms with Crippen molar-refractivity contribution < 1.29 is 0 Å². The maximum absolute atomic E-state index is 5.73. The van der Waals surface area contributed by atoms with Crippen LogP contribution < -0.4 is 0 Å². The largest absolute Gasteiger partial charge is 0.249 e. The molecule has 78 valence electrons. The van der Waals surface area contributed by atoms with Crippen LogP contribution in [0.1, 0.15) is 15.4 Å². The second kappa shape index (κ2) is 5.10. The highest BCUT2D eigenvalue weighted by Gasteiger charge is 2.02. The molecule has 15 heavy (non-hydrogen) atoms. The molecule has 1 aromatic carbocycles. The Morgan fingerprint density at radius 2 is 2.00 bits per heavy atom. The van der Waals surface area contributed by atoms with E-state index in [0.717, 1.165) is 20.8 Å². The number of thiazole rings is 1. The molecular weight excluding hydrogens is 294 g/mol. The summed E-state index contributed by atoms with van der Waals surface area (Å²) in [7, 11) is 0. The van der Waals surface area contributed by atoms with E-state index in [-0.39, 0.29) is 0 Å². The zero-order valence-electron chi connectivity index (χ0n) is 7.91. The van der Waals surface area contributed by atoms with Gasteiger partial charge in [0.25, 0.3) is 0 Å². The molecule has 2 rings (SSSR count). The van der Waals surface area contributed by atoms with Gasteiger partial charge in [-0.05, 0) is 17.7 Å². The topological polar surface area (TPSA) is 12.9 Å². The molecule has 0 N–H and O–H groups in total. The number of alkyl halides is 1. The summed E-state index contributed by atoms with van der Waals surface area (Å²) in [5, 5.41) is 1.12. The summed E-state index contributed by atoms with van der Waals surface area (Å²) in [5.41, 5.74) is 1.27. The van der Waals surface area contributed by atoms with Gasteiger partial charge in [-0.15, -0.1) is 22.9 Å². The van der Waals surface area contributed by atoms with Crippen LogP contribution in [-0.2, 0) is 12.3 Å². The van der Waals surface area contributed by atoms with Gasteiger partial charge in [0.2, 0.25) is 0 Å². The van der Waals surface area contributed by atoms with Crippen LogP contribution in [0.5, 0.6) is 0 Å². The lowest BCUT2D eigenvalue weighted by Crippen LogP contribution is -1.85. The predicted molar refractivity (Wildman–Crippen MR) is 68.6 cm³/mol. The molecule has 0 unspecified atom stereocenters. The number of benzene rings is 1. The van der Waals surface area contributed by atoms with Gasteiger partial charge in [0, 0.05) is 22.0 Å². The zero-order chi connectivity index (χ0) is 10.7. The normalized spacial score (nSPS) is 10.5. The highest BCUT2D eigenvalue weighted by molar-refractivity contribution is 9.10. The lowest BCUT2D eigenvalue weighted by Gasteiger charge is -1.97. The van der Waals surface area contributed by atoms with Gasteiger partial charge in [-0.3, -0.25) is 0 Å². The summed E-state index contributed by atoms with van der Waals surface area (Å²) in [6, 6.07) is 8.30. The minimum absolute atomic E-state index is 0.554.